The fraction of sp³-hybridized carbons (Fsp3) is 0.261. The van der Waals surface area contributed by atoms with E-state index < -0.39 is 5.41 Å². The van der Waals surface area contributed by atoms with Crippen molar-refractivity contribution in [3.63, 3.8) is 0 Å². The number of benzene rings is 1. The topological polar surface area (TPSA) is 75.9 Å². The van der Waals surface area contributed by atoms with Crippen LogP contribution in [-0.4, -0.2) is 34.4 Å². The highest BCUT2D eigenvalue weighted by atomic mass is 16.5. The molecule has 7 nitrogen and oxygen atoms in total. The van der Waals surface area contributed by atoms with Crippen LogP contribution in [0.15, 0.2) is 55.3 Å². The second-order valence-electron chi connectivity index (χ2n) is 7.99. The number of aryl methyl sites for hydroxylation is 1. The maximum atomic E-state index is 13.0. The minimum atomic E-state index is -0.668. The third-order valence-electron chi connectivity index (χ3n) is 5.15. The molecule has 154 valence electrons. The number of amides is 2. The Kier molecular flexibility index (Phi) is 4.81. The Bertz CT molecular complexity index is 1160. The normalized spacial score (nSPS) is 15.3. The van der Waals surface area contributed by atoms with Crippen molar-refractivity contribution in [1.29, 1.82) is 0 Å². The van der Waals surface area contributed by atoms with Gasteiger partial charge < -0.3 is 15.0 Å². The van der Waals surface area contributed by atoms with Gasteiger partial charge in [0.05, 0.1) is 16.8 Å². The van der Waals surface area contributed by atoms with Crippen molar-refractivity contribution < 1.29 is 14.3 Å². The number of ether oxygens (including phenoxy) is 1. The van der Waals surface area contributed by atoms with Crippen molar-refractivity contribution >= 4 is 28.8 Å². The first-order chi connectivity index (χ1) is 14.3. The van der Waals surface area contributed by atoms with Gasteiger partial charge in [-0.2, -0.15) is 0 Å². The summed E-state index contributed by atoms with van der Waals surface area (Å²) in [5.41, 5.74) is 2.41. The minimum absolute atomic E-state index is 0.0284. The third kappa shape index (κ3) is 3.32. The quantitative estimate of drug-likeness (QED) is 0.671. The van der Waals surface area contributed by atoms with E-state index in [2.05, 4.69) is 16.9 Å². The molecule has 2 aromatic heterocycles. The number of rotatable bonds is 4. The molecule has 0 atom stereocenters. The molecule has 0 saturated carbocycles. The summed E-state index contributed by atoms with van der Waals surface area (Å²) in [5.74, 6) is 0.252. The Labute approximate surface area is 175 Å². The Morgan fingerprint density at radius 1 is 1.33 bits per heavy atom. The van der Waals surface area contributed by atoms with Crippen LogP contribution in [0.2, 0.25) is 0 Å². The van der Waals surface area contributed by atoms with Crippen molar-refractivity contribution in [3.05, 3.63) is 66.6 Å². The van der Waals surface area contributed by atoms with Gasteiger partial charge in [-0.05, 0) is 45.0 Å². The first kappa shape index (κ1) is 19.7. The highest BCUT2D eigenvalue weighted by Crippen LogP contribution is 2.38. The standard InChI is InChI=1S/C23H24N4O3/c1-5-11-26-17-10-9-16(13-18(17)30-14-23(3,4)22(26)29)25-21(28)20-15(2)24-19-8-6-7-12-27(19)20/h5-10,12-13H,1,11,14H2,2-4H3,(H,25,28). The average molecular weight is 404 g/mol. The van der Waals surface area contributed by atoms with Gasteiger partial charge in [-0.1, -0.05) is 12.1 Å². The second kappa shape index (κ2) is 7.33. The van der Waals surface area contributed by atoms with E-state index in [9.17, 15) is 9.59 Å². The van der Waals surface area contributed by atoms with Gasteiger partial charge >= 0.3 is 0 Å². The molecule has 0 radical (unpaired) electrons. The number of anilines is 2. The first-order valence-corrected chi connectivity index (χ1v) is 9.76. The number of imidazole rings is 1. The molecule has 3 heterocycles. The fourth-order valence-electron chi connectivity index (χ4n) is 3.61. The van der Waals surface area contributed by atoms with Crippen LogP contribution in [0.1, 0.15) is 30.0 Å². The first-order valence-electron chi connectivity index (χ1n) is 9.76. The zero-order valence-corrected chi connectivity index (χ0v) is 17.3. The van der Waals surface area contributed by atoms with Crippen LogP contribution < -0.4 is 15.0 Å². The number of nitrogens with zero attached hydrogens (tertiary/aromatic N) is 3. The molecule has 3 aromatic rings. The monoisotopic (exact) mass is 404 g/mol. The molecule has 1 aromatic carbocycles. The molecule has 0 fully saturated rings. The lowest BCUT2D eigenvalue weighted by Gasteiger charge is -2.27. The average Bonchev–Trinajstić information content (AvgIpc) is 3.02. The van der Waals surface area contributed by atoms with Crippen LogP contribution >= 0.6 is 0 Å². The molecule has 0 aliphatic carbocycles. The van der Waals surface area contributed by atoms with Crippen LogP contribution in [0.4, 0.5) is 11.4 Å². The van der Waals surface area contributed by atoms with Crippen LogP contribution in [0.5, 0.6) is 5.75 Å². The van der Waals surface area contributed by atoms with Crippen LogP contribution in [0.3, 0.4) is 0 Å². The molecule has 1 aliphatic rings. The zero-order valence-electron chi connectivity index (χ0n) is 17.3. The summed E-state index contributed by atoms with van der Waals surface area (Å²) in [6, 6.07) is 10.9. The van der Waals surface area contributed by atoms with E-state index in [4.69, 9.17) is 4.74 Å². The van der Waals surface area contributed by atoms with E-state index in [1.54, 1.807) is 33.6 Å². The van der Waals surface area contributed by atoms with Gasteiger partial charge in [-0.3, -0.25) is 14.0 Å². The minimum Gasteiger partial charge on any atom is -0.490 e. The fourth-order valence-corrected chi connectivity index (χ4v) is 3.61. The van der Waals surface area contributed by atoms with Gasteiger partial charge in [-0.25, -0.2) is 4.98 Å². The molecule has 0 saturated heterocycles. The van der Waals surface area contributed by atoms with Crippen molar-refractivity contribution in [1.82, 2.24) is 9.38 Å². The summed E-state index contributed by atoms with van der Waals surface area (Å²) >= 11 is 0. The van der Waals surface area contributed by atoms with Gasteiger partial charge in [0, 0.05) is 24.5 Å². The molecular weight excluding hydrogens is 380 g/mol. The molecule has 1 N–H and O–H groups in total. The van der Waals surface area contributed by atoms with Gasteiger partial charge in [0.2, 0.25) is 5.91 Å². The predicted molar refractivity (Wildman–Crippen MR) is 116 cm³/mol. The highest BCUT2D eigenvalue weighted by Gasteiger charge is 2.37. The summed E-state index contributed by atoms with van der Waals surface area (Å²) in [5, 5.41) is 2.92. The lowest BCUT2D eigenvalue weighted by Crippen LogP contribution is -2.42. The van der Waals surface area contributed by atoms with Gasteiger partial charge in [0.1, 0.15) is 23.7 Å². The number of hydrogen-bond acceptors (Lipinski definition) is 4. The van der Waals surface area contributed by atoms with Crippen LogP contribution in [0, 0.1) is 12.3 Å². The summed E-state index contributed by atoms with van der Waals surface area (Å²) in [4.78, 5) is 32.0. The molecule has 0 bridgehead atoms. The maximum absolute atomic E-state index is 13.0. The maximum Gasteiger partial charge on any atom is 0.274 e. The van der Waals surface area contributed by atoms with Crippen LogP contribution in [-0.2, 0) is 4.79 Å². The largest absolute Gasteiger partial charge is 0.490 e. The molecule has 2 amide bonds. The Morgan fingerprint density at radius 2 is 2.13 bits per heavy atom. The number of carbonyl (C=O) groups is 2. The molecule has 0 spiro atoms. The number of nitrogens with one attached hydrogen (secondary N) is 1. The smallest absolute Gasteiger partial charge is 0.274 e. The second-order valence-corrected chi connectivity index (χ2v) is 7.99. The van der Waals surface area contributed by atoms with E-state index in [1.807, 2.05) is 45.2 Å². The van der Waals surface area contributed by atoms with Crippen molar-refractivity contribution in [2.75, 3.05) is 23.4 Å². The van der Waals surface area contributed by atoms with E-state index in [1.165, 1.54) is 0 Å². The zero-order chi connectivity index (χ0) is 21.5. The molecule has 7 heteroatoms. The van der Waals surface area contributed by atoms with E-state index in [-0.39, 0.29) is 18.4 Å². The summed E-state index contributed by atoms with van der Waals surface area (Å²) in [6.45, 7) is 9.90. The number of pyridine rings is 1. The molecule has 1 aliphatic heterocycles. The van der Waals surface area contributed by atoms with Gasteiger partial charge in [0.25, 0.3) is 5.91 Å². The lowest BCUT2D eigenvalue weighted by molar-refractivity contribution is -0.127. The van der Waals surface area contributed by atoms with E-state index in [0.717, 1.165) is 0 Å². The molecule has 4 rings (SSSR count). The summed E-state index contributed by atoms with van der Waals surface area (Å²) < 4.78 is 7.71. The number of hydrogen-bond donors (Lipinski definition) is 1. The van der Waals surface area contributed by atoms with Crippen molar-refractivity contribution in [3.8, 4) is 5.75 Å². The summed E-state index contributed by atoms with van der Waals surface area (Å²) in [6.07, 6.45) is 3.50. The molecule has 30 heavy (non-hydrogen) atoms. The highest BCUT2D eigenvalue weighted by molar-refractivity contribution is 6.05. The Balaban J connectivity index is 1.67. The predicted octanol–water partition coefficient (Wildman–Crippen LogP) is 3.83. The van der Waals surface area contributed by atoms with Crippen molar-refractivity contribution in [2.45, 2.75) is 20.8 Å². The van der Waals surface area contributed by atoms with Crippen molar-refractivity contribution in [2.24, 2.45) is 5.41 Å². The Hall–Kier alpha value is -3.61. The van der Waals surface area contributed by atoms with Gasteiger partial charge in [-0.15, -0.1) is 6.58 Å². The van der Waals surface area contributed by atoms with E-state index >= 15 is 0 Å². The van der Waals surface area contributed by atoms with Crippen LogP contribution in [0.25, 0.3) is 5.65 Å². The van der Waals surface area contributed by atoms with E-state index in [0.29, 0.717) is 40.7 Å². The number of aromatic nitrogens is 2. The number of carbonyl (C=O) groups excluding carboxylic acids is 2. The number of fused-ring (bicyclic) bond motifs is 2. The Morgan fingerprint density at radius 3 is 2.90 bits per heavy atom. The summed E-state index contributed by atoms with van der Waals surface area (Å²) in [7, 11) is 0. The molecule has 0 unspecified atom stereocenters. The third-order valence-corrected chi connectivity index (χ3v) is 5.15. The lowest BCUT2D eigenvalue weighted by atomic mass is 9.93. The molecular formula is C23H24N4O3. The van der Waals surface area contributed by atoms with Gasteiger partial charge in [0.15, 0.2) is 0 Å². The SMILES string of the molecule is C=CCN1C(=O)C(C)(C)COc2cc(NC(=O)c3c(C)nc4ccccn34)ccc21.